The number of nitrogens with one attached hydrogen (secondary N) is 1. The number of alkyl halides is 6. The molecule has 1 heterocycles. The standard InChI is InChI=1S/C22H22F6N2O2/c1-32-20(31)19-10-18(13-30(19)12-14-5-3-2-4-6-14)29-11-15-7-16(21(23,24)25)9-17(8-15)22(26,27)28/h2-9,18-19,29H,10-13H2,1H3. The molecule has 0 spiro atoms. The summed E-state index contributed by atoms with van der Waals surface area (Å²) in [6.45, 7) is 0.644. The van der Waals surface area contributed by atoms with Gasteiger partial charge in [0.25, 0.3) is 0 Å². The zero-order valence-electron chi connectivity index (χ0n) is 17.1. The molecule has 1 N–H and O–H groups in total. The van der Waals surface area contributed by atoms with Gasteiger partial charge in [-0.3, -0.25) is 9.69 Å². The van der Waals surface area contributed by atoms with Crippen molar-refractivity contribution in [3.63, 3.8) is 0 Å². The van der Waals surface area contributed by atoms with Crippen LogP contribution in [-0.4, -0.2) is 36.6 Å². The van der Waals surface area contributed by atoms with Gasteiger partial charge in [0.05, 0.1) is 18.2 Å². The lowest BCUT2D eigenvalue weighted by atomic mass is 10.0. The Morgan fingerprint density at radius 2 is 1.59 bits per heavy atom. The number of likely N-dealkylation sites (tertiary alicyclic amines) is 1. The number of methoxy groups -OCH3 is 1. The zero-order chi connectivity index (χ0) is 23.5. The second-order valence-corrected chi connectivity index (χ2v) is 7.68. The van der Waals surface area contributed by atoms with Crippen molar-refractivity contribution in [3.8, 4) is 0 Å². The van der Waals surface area contributed by atoms with E-state index in [9.17, 15) is 31.1 Å². The van der Waals surface area contributed by atoms with Crippen molar-refractivity contribution >= 4 is 5.97 Å². The first-order valence-electron chi connectivity index (χ1n) is 9.85. The van der Waals surface area contributed by atoms with E-state index in [4.69, 9.17) is 4.74 Å². The first-order valence-corrected chi connectivity index (χ1v) is 9.85. The third-order valence-corrected chi connectivity index (χ3v) is 5.35. The maximum atomic E-state index is 13.1. The molecule has 4 nitrogen and oxygen atoms in total. The quantitative estimate of drug-likeness (QED) is 0.504. The van der Waals surface area contributed by atoms with Crippen LogP contribution in [-0.2, 0) is 35.0 Å². The third-order valence-electron chi connectivity index (χ3n) is 5.35. The van der Waals surface area contributed by atoms with Gasteiger partial charge in [0.2, 0.25) is 0 Å². The minimum absolute atomic E-state index is 0.105. The summed E-state index contributed by atoms with van der Waals surface area (Å²) >= 11 is 0. The lowest BCUT2D eigenvalue weighted by molar-refractivity contribution is -0.146. The lowest BCUT2D eigenvalue weighted by Gasteiger charge is -2.22. The van der Waals surface area contributed by atoms with E-state index in [1.807, 2.05) is 35.2 Å². The Morgan fingerprint density at radius 1 is 1.00 bits per heavy atom. The molecule has 3 rings (SSSR count). The zero-order valence-corrected chi connectivity index (χ0v) is 17.1. The van der Waals surface area contributed by atoms with Gasteiger partial charge in [0, 0.05) is 25.7 Å². The Labute approximate surface area is 181 Å². The van der Waals surface area contributed by atoms with Crippen molar-refractivity contribution < 1.29 is 35.9 Å². The van der Waals surface area contributed by atoms with Crippen molar-refractivity contribution in [2.75, 3.05) is 13.7 Å². The van der Waals surface area contributed by atoms with Crippen molar-refractivity contribution in [1.82, 2.24) is 10.2 Å². The molecule has 10 heteroatoms. The smallest absolute Gasteiger partial charge is 0.416 e. The van der Waals surface area contributed by atoms with Gasteiger partial charge in [-0.25, -0.2) is 0 Å². The first kappa shape index (κ1) is 24.1. The maximum absolute atomic E-state index is 13.1. The van der Waals surface area contributed by atoms with E-state index in [0.717, 1.165) is 5.56 Å². The fourth-order valence-electron chi connectivity index (χ4n) is 3.81. The summed E-state index contributed by atoms with van der Waals surface area (Å²) in [7, 11) is 1.27. The molecule has 2 unspecified atom stereocenters. The topological polar surface area (TPSA) is 41.6 Å². The van der Waals surface area contributed by atoms with Crippen molar-refractivity contribution in [1.29, 1.82) is 0 Å². The normalized spacial score (nSPS) is 19.8. The number of halogens is 6. The Morgan fingerprint density at radius 3 is 2.12 bits per heavy atom. The van der Waals surface area contributed by atoms with E-state index < -0.39 is 35.5 Å². The van der Waals surface area contributed by atoms with Crippen LogP contribution in [0.4, 0.5) is 26.3 Å². The highest BCUT2D eigenvalue weighted by molar-refractivity contribution is 5.76. The van der Waals surface area contributed by atoms with Gasteiger partial charge in [-0.1, -0.05) is 30.3 Å². The molecule has 0 saturated carbocycles. The molecule has 174 valence electrons. The van der Waals surface area contributed by atoms with Crippen LogP contribution in [0.25, 0.3) is 0 Å². The monoisotopic (exact) mass is 460 g/mol. The molecule has 32 heavy (non-hydrogen) atoms. The molecule has 0 aromatic heterocycles. The van der Waals surface area contributed by atoms with Crippen molar-refractivity contribution in [2.45, 2.75) is 43.9 Å². The van der Waals surface area contributed by atoms with E-state index >= 15 is 0 Å². The fourth-order valence-corrected chi connectivity index (χ4v) is 3.81. The number of rotatable bonds is 6. The highest BCUT2D eigenvalue weighted by Gasteiger charge is 2.39. The number of hydrogen-bond donors (Lipinski definition) is 1. The third kappa shape index (κ3) is 6.01. The van der Waals surface area contributed by atoms with E-state index in [1.54, 1.807) is 0 Å². The SMILES string of the molecule is COC(=O)C1CC(NCc2cc(C(F)(F)F)cc(C(F)(F)F)c2)CN1Cc1ccccc1. The number of esters is 1. The predicted octanol–water partition coefficient (Wildman–Crippen LogP) is 4.63. The van der Waals surface area contributed by atoms with Crippen molar-refractivity contribution in [2.24, 2.45) is 0 Å². The molecule has 0 amide bonds. The summed E-state index contributed by atoms with van der Waals surface area (Å²) in [5, 5.41) is 3.00. The summed E-state index contributed by atoms with van der Waals surface area (Å²) < 4.78 is 83.3. The summed E-state index contributed by atoms with van der Waals surface area (Å²) in [4.78, 5) is 14.1. The average molecular weight is 460 g/mol. The van der Waals surface area contributed by atoms with Gasteiger partial charge >= 0.3 is 18.3 Å². The van der Waals surface area contributed by atoms with Crippen LogP contribution in [0.2, 0.25) is 0 Å². The molecular formula is C22H22F6N2O2. The largest absolute Gasteiger partial charge is 0.468 e. The Bertz CT molecular complexity index is 898. The van der Waals surface area contributed by atoms with Gasteiger partial charge < -0.3 is 10.1 Å². The minimum atomic E-state index is -4.90. The van der Waals surface area contributed by atoms with E-state index in [1.165, 1.54) is 7.11 Å². The summed E-state index contributed by atoms with van der Waals surface area (Å²) in [6, 6.07) is 10.0. The molecule has 2 aromatic carbocycles. The van der Waals surface area contributed by atoms with Crippen LogP contribution in [0.5, 0.6) is 0 Å². The van der Waals surface area contributed by atoms with Crippen LogP contribution < -0.4 is 5.32 Å². The molecule has 2 aromatic rings. The number of benzene rings is 2. The second kappa shape index (κ2) is 9.50. The van der Waals surface area contributed by atoms with Gasteiger partial charge in [-0.05, 0) is 35.7 Å². The average Bonchev–Trinajstić information content (AvgIpc) is 3.13. The Kier molecular flexibility index (Phi) is 7.14. The van der Waals surface area contributed by atoms with Gasteiger partial charge in [-0.2, -0.15) is 26.3 Å². The summed E-state index contributed by atoms with van der Waals surface area (Å²) in [5.74, 6) is -0.441. The molecular weight excluding hydrogens is 438 g/mol. The van der Waals surface area contributed by atoms with E-state index in [2.05, 4.69) is 5.32 Å². The van der Waals surface area contributed by atoms with Crippen LogP contribution in [0.3, 0.4) is 0 Å². The van der Waals surface area contributed by atoms with E-state index in [-0.39, 0.29) is 24.2 Å². The van der Waals surface area contributed by atoms with Gasteiger partial charge in [0.1, 0.15) is 6.04 Å². The first-order chi connectivity index (χ1) is 15.0. The molecule has 0 radical (unpaired) electrons. The van der Waals surface area contributed by atoms with Crippen LogP contribution in [0.15, 0.2) is 48.5 Å². The predicted molar refractivity (Wildman–Crippen MR) is 104 cm³/mol. The lowest BCUT2D eigenvalue weighted by Crippen LogP contribution is -2.36. The van der Waals surface area contributed by atoms with Gasteiger partial charge in [-0.15, -0.1) is 0 Å². The molecule has 0 bridgehead atoms. The molecule has 1 fully saturated rings. The second-order valence-electron chi connectivity index (χ2n) is 7.68. The molecule has 1 saturated heterocycles. The highest BCUT2D eigenvalue weighted by atomic mass is 19.4. The number of carbonyl (C=O) groups excluding carboxylic acids is 1. The fraction of sp³-hybridized carbons (Fsp3) is 0.409. The summed E-state index contributed by atoms with van der Waals surface area (Å²) in [6.07, 6.45) is -9.47. The molecule has 1 aliphatic rings. The van der Waals surface area contributed by atoms with Gasteiger partial charge in [0.15, 0.2) is 0 Å². The highest BCUT2D eigenvalue weighted by Crippen LogP contribution is 2.36. The van der Waals surface area contributed by atoms with Crippen molar-refractivity contribution in [3.05, 3.63) is 70.8 Å². The number of hydrogen-bond acceptors (Lipinski definition) is 4. The Hall–Kier alpha value is -2.59. The van der Waals surface area contributed by atoms with Crippen LogP contribution >= 0.6 is 0 Å². The number of carbonyl (C=O) groups is 1. The maximum Gasteiger partial charge on any atom is 0.416 e. The molecule has 2 atom stereocenters. The number of ether oxygens (including phenoxy) is 1. The van der Waals surface area contributed by atoms with Crippen LogP contribution in [0, 0.1) is 0 Å². The van der Waals surface area contributed by atoms with Crippen LogP contribution in [0.1, 0.15) is 28.7 Å². The van der Waals surface area contributed by atoms with E-state index in [0.29, 0.717) is 31.6 Å². The molecule has 1 aliphatic heterocycles. The Balaban J connectivity index is 1.74. The minimum Gasteiger partial charge on any atom is -0.468 e. The summed E-state index contributed by atoms with van der Waals surface area (Å²) in [5.41, 5.74) is -1.87. The molecule has 0 aliphatic carbocycles. The number of nitrogens with zero attached hydrogens (tertiary/aromatic N) is 1.